The summed E-state index contributed by atoms with van der Waals surface area (Å²) >= 11 is 0. The molecular formula is C21H20N4. The van der Waals surface area contributed by atoms with Crippen molar-refractivity contribution in [1.29, 1.82) is 0 Å². The Morgan fingerprint density at radius 1 is 1.00 bits per heavy atom. The molecule has 0 fully saturated rings. The number of fused-ring (bicyclic) bond motifs is 4. The summed E-state index contributed by atoms with van der Waals surface area (Å²) < 4.78 is 0. The van der Waals surface area contributed by atoms with Gasteiger partial charge in [0.25, 0.3) is 0 Å². The molecule has 2 N–H and O–H groups in total. The van der Waals surface area contributed by atoms with E-state index in [1.807, 2.05) is 19.4 Å². The highest BCUT2D eigenvalue weighted by Gasteiger charge is 2.34. The quantitative estimate of drug-likeness (QED) is 0.748. The lowest BCUT2D eigenvalue weighted by atomic mass is 9.97. The van der Waals surface area contributed by atoms with E-state index in [1.165, 1.54) is 33.5 Å². The van der Waals surface area contributed by atoms with E-state index in [2.05, 4.69) is 76.1 Å². The fourth-order valence-electron chi connectivity index (χ4n) is 4.30. The van der Waals surface area contributed by atoms with Gasteiger partial charge in [-0.15, -0.1) is 0 Å². The van der Waals surface area contributed by atoms with Gasteiger partial charge in [0.2, 0.25) is 0 Å². The molecule has 2 aliphatic rings. The summed E-state index contributed by atoms with van der Waals surface area (Å²) in [5.74, 6) is 0. The maximum Gasteiger partial charge on any atom is 0.126 e. The predicted octanol–water partition coefficient (Wildman–Crippen LogP) is 3.93. The maximum atomic E-state index is 4.25. The summed E-state index contributed by atoms with van der Waals surface area (Å²) in [6.07, 6.45) is 3.86. The van der Waals surface area contributed by atoms with Gasteiger partial charge in [0.05, 0.1) is 23.6 Å². The summed E-state index contributed by atoms with van der Waals surface area (Å²) in [7, 11) is 4.17. The van der Waals surface area contributed by atoms with Crippen LogP contribution in [0.15, 0.2) is 60.9 Å². The Hall–Kier alpha value is -2.85. The van der Waals surface area contributed by atoms with Crippen molar-refractivity contribution in [3.05, 3.63) is 77.6 Å². The summed E-state index contributed by atoms with van der Waals surface area (Å²) in [5.41, 5.74) is 8.97. The minimum Gasteiger partial charge on any atom is -0.358 e. The van der Waals surface area contributed by atoms with Crippen molar-refractivity contribution < 1.29 is 0 Å². The molecule has 0 saturated carbocycles. The molecule has 25 heavy (non-hydrogen) atoms. The van der Waals surface area contributed by atoms with E-state index in [-0.39, 0.29) is 12.2 Å². The van der Waals surface area contributed by atoms with Crippen LogP contribution < -0.4 is 15.5 Å². The molecule has 124 valence electrons. The highest BCUT2D eigenvalue weighted by molar-refractivity contribution is 5.84. The van der Waals surface area contributed by atoms with Crippen molar-refractivity contribution in [3.63, 3.8) is 0 Å². The van der Waals surface area contributed by atoms with Gasteiger partial charge < -0.3 is 15.5 Å². The zero-order valence-corrected chi connectivity index (χ0v) is 14.3. The second-order valence-corrected chi connectivity index (χ2v) is 6.67. The summed E-state index contributed by atoms with van der Waals surface area (Å²) in [4.78, 5) is 6.55. The largest absolute Gasteiger partial charge is 0.358 e. The van der Waals surface area contributed by atoms with Crippen LogP contribution in [0.4, 0.5) is 11.4 Å². The minimum absolute atomic E-state index is 0.109. The van der Waals surface area contributed by atoms with Gasteiger partial charge in [-0.25, -0.2) is 0 Å². The summed E-state index contributed by atoms with van der Waals surface area (Å²) in [6, 6.07) is 17.7. The highest BCUT2D eigenvalue weighted by Crippen LogP contribution is 2.49. The monoisotopic (exact) mass is 328 g/mol. The van der Waals surface area contributed by atoms with E-state index in [0.717, 1.165) is 5.69 Å². The number of pyridine rings is 1. The molecule has 4 heteroatoms. The van der Waals surface area contributed by atoms with Crippen LogP contribution in [0, 0.1) is 0 Å². The van der Waals surface area contributed by atoms with Crippen molar-refractivity contribution in [2.24, 2.45) is 0 Å². The predicted molar refractivity (Wildman–Crippen MR) is 102 cm³/mol. The number of benzene rings is 2. The third-order valence-corrected chi connectivity index (χ3v) is 5.42. The summed E-state index contributed by atoms with van der Waals surface area (Å²) in [5, 5.41) is 7.12. The van der Waals surface area contributed by atoms with Crippen molar-refractivity contribution in [2.45, 2.75) is 12.2 Å². The van der Waals surface area contributed by atoms with Crippen molar-refractivity contribution in [1.82, 2.24) is 10.3 Å². The van der Waals surface area contributed by atoms with Gasteiger partial charge in [-0.1, -0.05) is 42.5 Å². The molecule has 3 aromatic rings. The number of aromatic nitrogens is 1. The van der Waals surface area contributed by atoms with Crippen LogP contribution >= 0.6 is 0 Å². The number of rotatable bonds is 2. The van der Waals surface area contributed by atoms with Gasteiger partial charge in [-0.05, 0) is 35.4 Å². The number of hydrogen-bond acceptors (Lipinski definition) is 4. The molecule has 4 nitrogen and oxygen atoms in total. The van der Waals surface area contributed by atoms with E-state index < -0.39 is 0 Å². The molecule has 2 aromatic carbocycles. The zero-order chi connectivity index (χ0) is 17.0. The number of anilines is 2. The van der Waals surface area contributed by atoms with Crippen molar-refractivity contribution in [3.8, 4) is 11.1 Å². The zero-order valence-electron chi connectivity index (χ0n) is 14.3. The lowest BCUT2D eigenvalue weighted by Gasteiger charge is -2.25. The van der Waals surface area contributed by atoms with Gasteiger partial charge in [0.1, 0.15) is 6.17 Å². The van der Waals surface area contributed by atoms with Gasteiger partial charge in [0, 0.05) is 18.8 Å². The fraction of sp³-hybridized carbons (Fsp3) is 0.190. The molecule has 2 unspecified atom stereocenters. The van der Waals surface area contributed by atoms with Gasteiger partial charge in [-0.3, -0.25) is 4.98 Å². The van der Waals surface area contributed by atoms with Crippen LogP contribution in [0.5, 0.6) is 0 Å². The van der Waals surface area contributed by atoms with Gasteiger partial charge in [-0.2, -0.15) is 0 Å². The first kappa shape index (κ1) is 14.5. The van der Waals surface area contributed by atoms with E-state index >= 15 is 0 Å². The number of nitrogens with one attached hydrogen (secondary N) is 2. The topological polar surface area (TPSA) is 40.2 Å². The molecule has 1 aromatic heterocycles. The van der Waals surface area contributed by atoms with E-state index in [0.29, 0.717) is 0 Å². The second-order valence-electron chi connectivity index (χ2n) is 6.67. The lowest BCUT2D eigenvalue weighted by molar-refractivity contribution is 0.706. The SMILES string of the molecule is CNC1c2ccccc2-c2c1cccc2C1Nc2cnccc2N1C. The molecule has 0 saturated heterocycles. The Balaban J connectivity index is 1.69. The molecule has 1 aliphatic carbocycles. The van der Waals surface area contributed by atoms with Crippen LogP contribution in [0.1, 0.15) is 28.9 Å². The molecule has 2 heterocycles. The van der Waals surface area contributed by atoms with Crippen molar-refractivity contribution in [2.75, 3.05) is 24.3 Å². The first-order valence-electron chi connectivity index (χ1n) is 8.62. The average Bonchev–Trinajstić information content (AvgIpc) is 3.17. The molecule has 0 bridgehead atoms. The first-order valence-corrected chi connectivity index (χ1v) is 8.62. The number of hydrogen-bond donors (Lipinski definition) is 2. The third-order valence-electron chi connectivity index (χ3n) is 5.42. The first-order chi connectivity index (χ1) is 12.3. The van der Waals surface area contributed by atoms with Gasteiger partial charge in [0.15, 0.2) is 0 Å². The second kappa shape index (κ2) is 5.33. The molecule has 5 rings (SSSR count). The summed E-state index contributed by atoms with van der Waals surface area (Å²) in [6.45, 7) is 0. The molecule has 2 atom stereocenters. The van der Waals surface area contributed by atoms with Crippen LogP contribution in [0.25, 0.3) is 11.1 Å². The Morgan fingerprint density at radius 3 is 2.64 bits per heavy atom. The fourth-order valence-corrected chi connectivity index (χ4v) is 4.30. The third kappa shape index (κ3) is 1.94. The lowest BCUT2D eigenvalue weighted by Crippen LogP contribution is -2.24. The highest BCUT2D eigenvalue weighted by atomic mass is 15.3. The normalized spacial score (nSPS) is 20.0. The molecule has 0 spiro atoms. The Bertz CT molecular complexity index is 966. The van der Waals surface area contributed by atoms with Gasteiger partial charge >= 0.3 is 0 Å². The Labute approximate surface area is 147 Å². The van der Waals surface area contributed by atoms with Crippen LogP contribution in [-0.2, 0) is 0 Å². The van der Waals surface area contributed by atoms with Crippen molar-refractivity contribution >= 4 is 11.4 Å². The molecule has 0 radical (unpaired) electrons. The van der Waals surface area contributed by atoms with Crippen LogP contribution in [0.2, 0.25) is 0 Å². The maximum absolute atomic E-state index is 4.25. The van der Waals surface area contributed by atoms with E-state index in [1.54, 1.807) is 0 Å². The Kier molecular flexibility index (Phi) is 3.09. The number of nitrogens with zero attached hydrogens (tertiary/aromatic N) is 2. The Morgan fingerprint density at radius 2 is 1.80 bits per heavy atom. The average molecular weight is 328 g/mol. The minimum atomic E-state index is 0.109. The molecule has 1 aliphatic heterocycles. The van der Waals surface area contributed by atoms with Crippen LogP contribution in [-0.4, -0.2) is 19.1 Å². The van der Waals surface area contributed by atoms with Crippen LogP contribution in [0.3, 0.4) is 0 Å². The van der Waals surface area contributed by atoms with E-state index in [9.17, 15) is 0 Å². The molecule has 0 amide bonds. The smallest absolute Gasteiger partial charge is 0.126 e. The van der Waals surface area contributed by atoms with E-state index in [4.69, 9.17) is 0 Å². The standard InChI is InChI=1S/C21H20N4/c1-22-20-14-7-4-3-6-13(14)19-15(20)8-5-9-16(19)21-24-17-12-23-11-10-18(17)25(21)2/h3-12,20-22,24H,1-2H3. The molecular weight excluding hydrogens is 308 g/mol.